The Bertz CT molecular complexity index is 591. The van der Waals surface area contributed by atoms with Crippen LogP contribution in [-0.4, -0.2) is 11.8 Å². The molecular weight excluding hydrogens is 350 g/mol. The van der Waals surface area contributed by atoms with Crippen LogP contribution < -0.4 is 4.74 Å². The smallest absolute Gasteiger partial charge is 0.119 e. The average Bonchev–Trinajstić information content (AvgIpc) is 2.73. The second-order valence-electron chi connectivity index (χ2n) is 8.71. The largest absolute Gasteiger partial charge is 0.493 e. The highest BCUT2D eigenvalue weighted by Crippen LogP contribution is 2.42. The topological polar surface area (TPSA) is 21.6 Å². The zero-order valence-corrected chi connectivity index (χ0v) is 17.7. The Morgan fingerprint density at radius 1 is 0.926 bits per heavy atom. The average molecular weight is 386 g/mol. The summed E-state index contributed by atoms with van der Waals surface area (Å²) in [5, 5.41) is 2.40. The zero-order valence-electron chi connectivity index (χ0n) is 16.9. The molecule has 2 aliphatic rings. The fourth-order valence-corrected chi connectivity index (χ4v) is 5.26. The summed E-state index contributed by atoms with van der Waals surface area (Å²) < 4.78 is 6.02. The third-order valence-corrected chi connectivity index (χ3v) is 7.00. The number of thiocarbonyl (C=S) groups is 1. The van der Waals surface area contributed by atoms with E-state index in [9.17, 15) is 0 Å². The first-order valence-corrected chi connectivity index (χ1v) is 11.5. The second kappa shape index (κ2) is 11.0. The standard InChI is InChI=1S/C24H35NOS/c1-2-3-4-19-5-9-21(10-6-19)22-11-7-20(8-12-22)17-26-24-15-13-23(14-16-24)25-18-27/h13-16,19-22H,2-12,17H2,1H3. The van der Waals surface area contributed by atoms with Gasteiger partial charge in [0.25, 0.3) is 0 Å². The first-order chi connectivity index (χ1) is 13.3. The number of isothiocyanates is 1. The number of aliphatic imine (C=N–C) groups is 1. The first kappa shape index (κ1) is 20.6. The summed E-state index contributed by atoms with van der Waals surface area (Å²) in [4.78, 5) is 3.98. The van der Waals surface area contributed by atoms with Crippen molar-refractivity contribution in [2.24, 2.45) is 28.7 Å². The lowest BCUT2D eigenvalue weighted by Crippen LogP contribution is -2.27. The number of unbranched alkanes of at least 4 members (excludes halogenated alkanes) is 1. The summed E-state index contributed by atoms with van der Waals surface area (Å²) in [5.74, 6) is 4.69. The lowest BCUT2D eigenvalue weighted by atomic mass is 9.69. The predicted molar refractivity (Wildman–Crippen MR) is 117 cm³/mol. The number of hydrogen-bond acceptors (Lipinski definition) is 3. The van der Waals surface area contributed by atoms with Crippen molar-refractivity contribution in [1.82, 2.24) is 0 Å². The number of ether oxygens (including phenoxy) is 1. The molecule has 1 aromatic carbocycles. The van der Waals surface area contributed by atoms with Crippen LogP contribution in [0.2, 0.25) is 0 Å². The number of rotatable bonds is 8. The van der Waals surface area contributed by atoms with Gasteiger partial charge in [0, 0.05) is 0 Å². The molecule has 2 fully saturated rings. The number of hydrogen-bond donors (Lipinski definition) is 0. The van der Waals surface area contributed by atoms with Crippen LogP contribution in [0.4, 0.5) is 5.69 Å². The lowest BCUT2D eigenvalue weighted by molar-refractivity contribution is 0.121. The van der Waals surface area contributed by atoms with Crippen molar-refractivity contribution in [2.75, 3.05) is 6.61 Å². The highest BCUT2D eigenvalue weighted by atomic mass is 32.1. The van der Waals surface area contributed by atoms with E-state index < -0.39 is 0 Å². The SMILES string of the molecule is CCCCC1CCC(C2CCC(COc3ccc(N=C=S)cc3)CC2)CC1. The molecule has 0 atom stereocenters. The molecule has 0 N–H and O–H groups in total. The zero-order chi connectivity index (χ0) is 18.9. The van der Waals surface area contributed by atoms with Gasteiger partial charge in [-0.15, -0.1) is 0 Å². The Kier molecular flexibility index (Phi) is 8.35. The Morgan fingerprint density at radius 2 is 1.52 bits per heavy atom. The fraction of sp³-hybridized carbons (Fsp3) is 0.708. The quantitative estimate of drug-likeness (QED) is 0.339. The van der Waals surface area contributed by atoms with Crippen LogP contribution in [0.3, 0.4) is 0 Å². The molecule has 2 saturated carbocycles. The Balaban J connectivity index is 1.35. The summed E-state index contributed by atoms with van der Waals surface area (Å²) >= 11 is 4.63. The molecule has 27 heavy (non-hydrogen) atoms. The van der Waals surface area contributed by atoms with E-state index in [2.05, 4.69) is 29.3 Å². The van der Waals surface area contributed by atoms with Crippen LogP contribution in [0.15, 0.2) is 29.3 Å². The van der Waals surface area contributed by atoms with Crippen LogP contribution >= 0.6 is 12.2 Å². The number of benzene rings is 1. The van der Waals surface area contributed by atoms with Crippen molar-refractivity contribution in [3.8, 4) is 5.75 Å². The van der Waals surface area contributed by atoms with Crippen molar-refractivity contribution >= 4 is 23.1 Å². The maximum Gasteiger partial charge on any atom is 0.119 e. The summed E-state index contributed by atoms with van der Waals surface area (Å²) in [5.41, 5.74) is 0.835. The molecule has 0 bridgehead atoms. The molecule has 0 amide bonds. The molecule has 0 aliphatic heterocycles. The second-order valence-corrected chi connectivity index (χ2v) is 8.89. The van der Waals surface area contributed by atoms with Crippen molar-refractivity contribution in [2.45, 2.75) is 77.6 Å². The third-order valence-electron chi connectivity index (χ3n) is 6.91. The van der Waals surface area contributed by atoms with Crippen LogP contribution in [0, 0.1) is 23.7 Å². The molecular formula is C24H35NOS. The molecule has 0 aromatic heterocycles. The molecule has 0 saturated heterocycles. The molecule has 1 aromatic rings. The maximum atomic E-state index is 6.02. The van der Waals surface area contributed by atoms with Crippen LogP contribution in [0.25, 0.3) is 0 Å². The lowest BCUT2D eigenvalue weighted by Gasteiger charge is -2.37. The van der Waals surface area contributed by atoms with Gasteiger partial charge in [-0.3, -0.25) is 0 Å². The monoisotopic (exact) mass is 385 g/mol. The third kappa shape index (κ3) is 6.43. The highest BCUT2D eigenvalue weighted by Gasteiger charge is 2.30. The van der Waals surface area contributed by atoms with E-state index in [4.69, 9.17) is 4.74 Å². The van der Waals surface area contributed by atoms with Gasteiger partial charge in [0.15, 0.2) is 0 Å². The van der Waals surface area contributed by atoms with Crippen LogP contribution in [0.1, 0.15) is 77.6 Å². The first-order valence-electron chi connectivity index (χ1n) is 11.1. The Hall–Kier alpha value is -1.18. The van der Waals surface area contributed by atoms with E-state index in [1.54, 1.807) is 0 Å². The molecule has 0 heterocycles. The molecule has 0 spiro atoms. The molecule has 148 valence electrons. The predicted octanol–water partition coefficient (Wildman–Crippen LogP) is 7.60. The summed E-state index contributed by atoms with van der Waals surface area (Å²) in [6.45, 7) is 3.17. The van der Waals surface area contributed by atoms with Crippen LogP contribution in [0.5, 0.6) is 5.75 Å². The molecule has 2 nitrogen and oxygen atoms in total. The van der Waals surface area contributed by atoms with Crippen molar-refractivity contribution < 1.29 is 4.74 Å². The van der Waals surface area contributed by atoms with Gasteiger partial charge in [0.1, 0.15) is 5.75 Å². The molecule has 3 heteroatoms. The minimum Gasteiger partial charge on any atom is -0.493 e. The summed E-state index contributed by atoms with van der Waals surface area (Å²) in [6.07, 6.45) is 15.8. The van der Waals surface area contributed by atoms with Crippen molar-refractivity contribution in [1.29, 1.82) is 0 Å². The molecule has 0 radical (unpaired) electrons. The van der Waals surface area contributed by atoms with Gasteiger partial charge < -0.3 is 4.74 Å². The van der Waals surface area contributed by atoms with Crippen molar-refractivity contribution in [3.63, 3.8) is 0 Å². The molecule has 0 unspecified atom stereocenters. The van der Waals surface area contributed by atoms with E-state index in [0.29, 0.717) is 0 Å². The van der Waals surface area contributed by atoms with Gasteiger partial charge in [-0.2, -0.15) is 4.99 Å². The maximum absolute atomic E-state index is 6.02. The summed E-state index contributed by atoms with van der Waals surface area (Å²) in [6, 6.07) is 7.83. The van der Waals surface area contributed by atoms with E-state index in [1.807, 2.05) is 24.3 Å². The van der Waals surface area contributed by atoms with Gasteiger partial charge in [-0.25, -0.2) is 0 Å². The minimum absolute atomic E-state index is 0.723. The fourth-order valence-electron chi connectivity index (χ4n) is 5.15. The van der Waals surface area contributed by atoms with E-state index in [0.717, 1.165) is 41.7 Å². The highest BCUT2D eigenvalue weighted by molar-refractivity contribution is 7.78. The van der Waals surface area contributed by atoms with Gasteiger partial charge >= 0.3 is 0 Å². The van der Waals surface area contributed by atoms with Gasteiger partial charge in [0.2, 0.25) is 0 Å². The summed E-state index contributed by atoms with van der Waals surface area (Å²) in [7, 11) is 0. The Labute approximate surface area is 170 Å². The van der Waals surface area contributed by atoms with Gasteiger partial charge in [-0.05, 0) is 98.7 Å². The normalized spacial score (nSPS) is 28.3. The van der Waals surface area contributed by atoms with Gasteiger partial charge in [-0.1, -0.05) is 39.0 Å². The van der Waals surface area contributed by atoms with Crippen molar-refractivity contribution in [3.05, 3.63) is 24.3 Å². The minimum atomic E-state index is 0.723. The molecule has 3 rings (SSSR count). The number of nitrogens with zero attached hydrogens (tertiary/aromatic N) is 1. The van der Waals surface area contributed by atoms with Crippen LogP contribution in [-0.2, 0) is 0 Å². The van der Waals surface area contributed by atoms with E-state index in [-0.39, 0.29) is 0 Å². The van der Waals surface area contributed by atoms with E-state index in [1.165, 1.54) is 70.6 Å². The Morgan fingerprint density at radius 3 is 2.07 bits per heavy atom. The molecule has 2 aliphatic carbocycles. The van der Waals surface area contributed by atoms with Gasteiger partial charge in [0.05, 0.1) is 17.5 Å². The van der Waals surface area contributed by atoms with E-state index >= 15 is 0 Å².